The van der Waals surface area contributed by atoms with Crippen LogP contribution in [0.15, 0.2) is 11.6 Å². The lowest BCUT2D eigenvalue weighted by Gasteiger charge is -2.67. The summed E-state index contributed by atoms with van der Waals surface area (Å²) in [5.74, 6) is -2.35. The number of rotatable bonds is 15. The van der Waals surface area contributed by atoms with E-state index in [1.54, 1.807) is 13.8 Å². The Labute approximate surface area is 440 Å². The second-order valence-electron chi connectivity index (χ2n) is 26.0. The first-order valence-electron chi connectivity index (χ1n) is 27.7. The zero-order chi connectivity index (χ0) is 55.2. The average Bonchev–Trinajstić information content (AvgIpc) is 3.64. The van der Waals surface area contributed by atoms with Gasteiger partial charge in [-0.1, -0.05) is 53.2 Å². The van der Waals surface area contributed by atoms with Gasteiger partial charge >= 0.3 is 0 Å². The topological polar surface area (TPSA) is 359 Å². The molecule has 3 heterocycles. The summed E-state index contributed by atoms with van der Waals surface area (Å²) in [7, 11) is 0. The molecule has 21 nitrogen and oxygen atoms in total. The van der Waals surface area contributed by atoms with Gasteiger partial charge in [0, 0.05) is 29.3 Å². The van der Waals surface area contributed by atoms with Crippen LogP contribution in [0.25, 0.3) is 0 Å². The standard InChI is InChI=1S/C54H92O21/c1-23(9-13-35(51(4,5)69)74-49-46(39(62)29(58)22-70-49)75-48-45(68)43(66)40(63)31(21-57)72-48)26-15-16-52(6)32-12-10-27-28(54(32,8)33(59)18-53(26,52)7)11-14-34(50(27,2)3)73-47-44(67)41(64)36(30(20-56)71-47)25-17-24(19-55)37(60)42(65)38(25)61/h10,23-26,28-49,55-69H,9,11-22H2,1-8H3/t23-,24-,25+,26?,28?,29-,30-,31?,32?,33-,34+,35-,36?,37-,38+,39+,40+,41+,42+,43-,44-,45+,46-,47+,48-,49+,52+,53-,54+/m1/s1. The van der Waals surface area contributed by atoms with Crippen LogP contribution < -0.4 is 0 Å². The quantitative estimate of drug-likeness (QED) is 0.0834. The Bertz CT molecular complexity index is 1950. The molecule has 0 bridgehead atoms. The maximum atomic E-state index is 12.7. The Morgan fingerprint density at radius 2 is 1.31 bits per heavy atom. The molecule has 15 N–H and O–H groups in total. The summed E-state index contributed by atoms with van der Waals surface area (Å²) < 4.78 is 36.5. The number of fused-ring (bicyclic) bond motifs is 5. The van der Waals surface area contributed by atoms with E-state index in [2.05, 4.69) is 47.6 Å². The molecule has 5 aliphatic carbocycles. The molecule has 3 saturated heterocycles. The molecule has 0 aromatic carbocycles. The number of hydrogen-bond acceptors (Lipinski definition) is 21. The number of allylic oxidation sites excluding steroid dienone is 1. The second kappa shape index (κ2) is 22.3. The summed E-state index contributed by atoms with van der Waals surface area (Å²) in [6.45, 7) is 14.4. The van der Waals surface area contributed by atoms with E-state index in [0.717, 1.165) is 24.8 Å². The van der Waals surface area contributed by atoms with Gasteiger partial charge in [-0.25, -0.2) is 0 Å². The molecule has 8 aliphatic rings. The van der Waals surface area contributed by atoms with E-state index in [4.69, 9.17) is 28.4 Å². The molecule has 29 atom stereocenters. The van der Waals surface area contributed by atoms with Gasteiger partial charge in [-0.05, 0) is 112 Å². The molecule has 5 unspecified atom stereocenters. The van der Waals surface area contributed by atoms with Crippen molar-refractivity contribution in [1.29, 1.82) is 0 Å². The van der Waals surface area contributed by atoms with E-state index in [1.165, 1.54) is 0 Å². The summed E-state index contributed by atoms with van der Waals surface area (Å²) >= 11 is 0. The molecule has 3 aliphatic heterocycles. The van der Waals surface area contributed by atoms with Gasteiger partial charge in [0.15, 0.2) is 18.9 Å². The molecule has 4 saturated carbocycles. The summed E-state index contributed by atoms with van der Waals surface area (Å²) in [6.07, 6.45) is -18.4. The minimum Gasteiger partial charge on any atom is -0.396 e. The molecule has 434 valence electrons. The summed E-state index contributed by atoms with van der Waals surface area (Å²) in [5.41, 5.74) is -1.83. The molecular weight excluding hydrogens is 985 g/mol. The smallest absolute Gasteiger partial charge is 0.187 e. The lowest BCUT2D eigenvalue weighted by atomic mass is 9.38. The molecule has 0 aromatic heterocycles. The Morgan fingerprint density at radius 1 is 0.680 bits per heavy atom. The fraction of sp³-hybridized carbons (Fsp3) is 0.963. The third kappa shape index (κ3) is 10.3. The fourth-order valence-electron chi connectivity index (χ4n) is 16.5. The average molecular weight is 1080 g/mol. The Hall–Kier alpha value is -1.10. The van der Waals surface area contributed by atoms with E-state index in [9.17, 15) is 76.6 Å². The van der Waals surface area contributed by atoms with Gasteiger partial charge in [0.05, 0.1) is 68.1 Å². The first-order valence-corrected chi connectivity index (χ1v) is 27.7. The van der Waals surface area contributed by atoms with Crippen LogP contribution >= 0.6 is 0 Å². The molecular formula is C54H92O21. The summed E-state index contributed by atoms with van der Waals surface area (Å²) in [4.78, 5) is 0. The van der Waals surface area contributed by atoms with Crippen molar-refractivity contribution in [1.82, 2.24) is 0 Å². The minimum atomic E-state index is -1.79. The minimum absolute atomic E-state index is 0.00480. The Balaban J connectivity index is 0.942. The van der Waals surface area contributed by atoms with Crippen molar-refractivity contribution in [2.75, 3.05) is 26.4 Å². The second-order valence-corrected chi connectivity index (χ2v) is 26.0. The van der Waals surface area contributed by atoms with Crippen molar-refractivity contribution in [2.45, 2.75) is 235 Å². The van der Waals surface area contributed by atoms with Crippen LogP contribution in [0.2, 0.25) is 0 Å². The normalized spacial score (nSPS) is 52.0. The van der Waals surface area contributed by atoms with Crippen molar-refractivity contribution in [2.24, 2.45) is 63.1 Å². The monoisotopic (exact) mass is 1080 g/mol. The molecule has 0 radical (unpaired) electrons. The highest BCUT2D eigenvalue weighted by molar-refractivity contribution is 5.32. The molecule has 21 heteroatoms. The Morgan fingerprint density at radius 3 is 1.95 bits per heavy atom. The van der Waals surface area contributed by atoms with Crippen LogP contribution in [0.1, 0.15) is 113 Å². The zero-order valence-corrected chi connectivity index (χ0v) is 44.9. The van der Waals surface area contributed by atoms with E-state index in [-0.39, 0.29) is 47.5 Å². The van der Waals surface area contributed by atoms with E-state index in [0.29, 0.717) is 32.1 Å². The van der Waals surface area contributed by atoms with Crippen LogP contribution in [0.4, 0.5) is 0 Å². The lowest BCUT2D eigenvalue weighted by Crippen LogP contribution is -2.65. The van der Waals surface area contributed by atoms with Crippen LogP contribution in [0, 0.1) is 63.1 Å². The van der Waals surface area contributed by atoms with Gasteiger partial charge in [0.2, 0.25) is 0 Å². The predicted molar refractivity (Wildman–Crippen MR) is 263 cm³/mol. The molecule has 0 aromatic rings. The van der Waals surface area contributed by atoms with Crippen LogP contribution in [-0.2, 0) is 28.4 Å². The molecule has 0 spiro atoms. The van der Waals surface area contributed by atoms with Crippen molar-refractivity contribution in [3.8, 4) is 0 Å². The number of hydrogen-bond donors (Lipinski definition) is 15. The van der Waals surface area contributed by atoms with Gasteiger partial charge in [-0.2, -0.15) is 0 Å². The van der Waals surface area contributed by atoms with Crippen molar-refractivity contribution in [3.05, 3.63) is 11.6 Å². The summed E-state index contributed by atoms with van der Waals surface area (Å²) in [6, 6.07) is 0. The largest absolute Gasteiger partial charge is 0.396 e. The van der Waals surface area contributed by atoms with E-state index in [1.807, 2.05) is 0 Å². The van der Waals surface area contributed by atoms with E-state index >= 15 is 0 Å². The number of aliphatic hydroxyl groups is 15. The fourth-order valence-corrected chi connectivity index (χ4v) is 16.5. The Kier molecular flexibility index (Phi) is 17.9. The maximum Gasteiger partial charge on any atom is 0.187 e. The van der Waals surface area contributed by atoms with Gasteiger partial charge in [-0.15, -0.1) is 0 Å². The molecule has 0 amide bonds. The van der Waals surface area contributed by atoms with Crippen LogP contribution in [-0.4, -0.2) is 225 Å². The third-order valence-electron chi connectivity index (χ3n) is 21.3. The van der Waals surface area contributed by atoms with E-state index < -0.39 is 171 Å². The maximum absolute atomic E-state index is 12.7. The van der Waals surface area contributed by atoms with Crippen LogP contribution in [0.5, 0.6) is 0 Å². The predicted octanol–water partition coefficient (Wildman–Crippen LogP) is -1.45. The number of ether oxygens (including phenoxy) is 6. The van der Waals surface area contributed by atoms with Crippen LogP contribution in [0.3, 0.4) is 0 Å². The SMILES string of the molecule is C[C@H](CC[C@@H](O[C@@H]1OC[C@@H](O)[C@H](O)[C@H]1O[C@H]1OC(CO)[C@H](O)[C@@H](O)[C@@H]1O)C(C)(C)O)C1CC[C@@]2(C)C3CC=C4C(CC[C@H](O[C@@H]5O[C@H](CO)C([C@@H]6C[C@H](CO)[C@@H](O)[C@H](O)[C@H]6O)[C@H](O)[C@H]5O)C4(C)C)[C@]3(C)[C@H](O)C[C@]12C. The highest BCUT2D eigenvalue weighted by atomic mass is 16.8. The highest BCUT2D eigenvalue weighted by Crippen LogP contribution is 2.75. The highest BCUT2D eigenvalue weighted by Gasteiger charge is 2.70. The van der Waals surface area contributed by atoms with Gasteiger partial charge in [-0.3, -0.25) is 0 Å². The van der Waals surface area contributed by atoms with Crippen molar-refractivity contribution < 1.29 is 105 Å². The lowest BCUT2D eigenvalue weighted by molar-refractivity contribution is -0.364. The molecule has 75 heavy (non-hydrogen) atoms. The van der Waals surface area contributed by atoms with Crippen molar-refractivity contribution >= 4 is 0 Å². The van der Waals surface area contributed by atoms with Gasteiger partial charge in [0.25, 0.3) is 0 Å². The number of aliphatic hydroxyl groups excluding tert-OH is 14. The molecule has 8 rings (SSSR count). The summed E-state index contributed by atoms with van der Waals surface area (Å²) in [5, 5.41) is 163. The van der Waals surface area contributed by atoms with Gasteiger partial charge in [0.1, 0.15) is 54.9 Å². The zero-order valence-electron chi connectivity index (χ0n) is 44.9. The third-order valence-corrected chi connectivity index (χ3v) is 21.3. The molecule has 7 fully saturated rings. The van der Waals surface area contributed by atoms with Gasteiger partial charge < -0.3 is 105 Å². The van der Waals surface area contributed by atoms with Crippen molar-refractivity contribution in [3.63, 3.8) is 0 Å². The first kappa shape index (κ1) is 60.0. The first-order chi connectivity index (χ1) is 35.0.